The molecule has 0 aliphatic heterocycles. The van der Waals surface area contributed by atoms with Crippen LogP contribution in [-0.4, -0.2) is 47.8 Å². The van der Waals surface area contributed by atoms with Crippen molar-refractivity contribution in [2.45, 2.75) is 26.4 Å². The van der Waals surface area contributed by atoms with Gasteiger partial charge in [0.05, 0.1) is 11.4 Å². The van der Waals surface area contributed by atoms with Crippen LogP contribution in [0.15, 0.2) is 46.2 Å². The maximum atomic E-state index is 12.8. The standard InChI is InChI=1S/C19H18ClN7O2S/c1-2-9-26(11-16-21-23-19(29-16)15-4-3-10-30-15)17(28)12-27-24-18(22-25-27)13-5-7-14(20)8-6-13/h3-8,10H,2,9,11-12H2,1H3. The summed E-state index contributed by atoms with van der Waals surface area (Å²) >= 11 is 7.42. The molecule has 0 atom stereocenters. The molecule has 3 heterocycles. The predicted molar refractivity (Wildman–Crippen MR) is 112 cm³/mol. The summed E-state index contributed by atoms with van der Waals surface area (Å²) in [5.41, 5.74) is 0.774. The lowest BCUT2D eigenvalue weighted by Crippen LogP contribution is -2.34. The summed E-state index contributed by atoms with van der Waals surface area (Å²) in [5, 5.41) is 23.0. The van der Waals surface area contributed by atoms with Crippen LogP contribution in [0.4, 0.5) is 0 Å². The average Bonchev–Trinajstić information content (AvgIpc) is 3.50. The maximum absolute atomic E-state index is 12.8. The number of hydrogen-bond acceptors (Lipinski definition) is 8. The molecular weight excluding hydrogens is 426 g/mol. The first kappa shape index (κ1) is 20.2. The van der Waals surface area contributed by atoms with Gasteiger partial charge in [-0.15, -0.1) is 31.7 Å². The number of rotatable bonds is 8. The van der Waals surface area contributed by atoms with Crippen molar-refractivity contribution in [3.63, 3.8) is 0 Å². The fraction of sp³-hybridized carbons (Fsp3) is 0.263. The van der Waals surface area contributed by atoms with E-state index in [1.807, 2.05) is 24.4 Å². The molecule has 0 aliphatic carbocycles. The molecular formula is C19H18ClN7O2S. The molecule has 0 radical (unpaired) electrons. The molecule has 4 rings (SSSR count). The lowest BCUT2D eigenvalue weighted by molar-refractivity contribution is -0.133. The Balaban J connectivity index is 1.43. The van der Waals surface area contributed by atoms with Crippen LogP contribution in [0.1, 0.15) is 19.2 Å². The third-order valence-electron chi connectivity index (χ3n) is 4.20. The number of thiophene rings is 1. The number of aromatic nitrogens is 6. The minimum atomic E-state index is -0.159. The zero-order valence-corrected chi connectivity index (χ0v) is 17.7. The summed E-state index contributed by atoms with van der Waals surface area (Å²) in [4.78, 5) is 16.6. The van der Waals surface area contributed by atoms with Crippen LogP contribution in [0.25, 0.3) is 22.2 Å². The van der Waals surface area contributed by atoms with Crippen molar-refractivity contribution in [1.29, 1.82) is 0 Å². The Hall–Kier alpha value is -3.11. The second-order valence-electron chi connectivity index (χ2n) is 6.44. The number of carbonyl (C=O) groups is 1. The summed E-state index contributed by atoms with van der Waals surface area (Å²) in [6.45, 7) is 2.74. The van der Waals surface area contributed by atoms with Gasteiger partial charge in [-0.25, -0.2) is 0 Å². The first-order valence-corrected chi connectivity index (χ1v) is 10.6. The molecule has 1 amide bonds. The molecule has 0 saturated heterocycles. The highest BCUT2D eigenvalue weighted by Crippen LogP contribution is 2.23. The Labute approximate surface area is 181 Å². The lowest BCUT2D eigenvalue weighted by atomic mass is 10.2. The number of halogens is 1. The van der Waals surface area contributed by atoms with Gasteiger partial charge in [0, 0.05) is 17.1 Å². The summed E-state index contributed by atoms with van der Waals surface area (Å²) in [6.07, 6.45) is 0.790. The predicted octanol–water partition coefficient (Wildman–Crippen LogP) is 3.54. The SMILES string of the molecule is CCCN(Cc1nnc(-c2cccs2)o1)C(=O)Cn1nnc(-c2ccc(Cl)cc2)n1. The molecule has 0 spiro atoms. The van der Waals surface area contributed by atoms with Crippen molar-refractivity contribution in [3.8, 4) is 22.2 Å². The third-order valence-corrected chi connectivity index (χ3v) is 5.31. The first-order chi connectivity index (χ1) is 14.6. The minimum Gasteiger partial charge on any atom is -0.418 e. The zero-order chi connectivity index (χ0) is 20.9. The van der Waals surface area contributed by atoms with E-state index in [1.54, 1.807) is 29.2 Å². The molecule has 0 aliphatic rings. The molecule has 0 fully saturated rings. The van der Waals surface area contributed by atoms with Gasteiger partial charge in [0.15, 0.2) is 0 Å². The Morgan fingerprint density at radius 3 is 2.77 bits per heavy atom. The molecule has 11 heteroatoms. The van der Waals surface area contributed by atoms with Crippen molar-refractivity contribution in [2.24, 2.45) is 0 Å². The van der Waals surface area contributed by atoms with Crippen molar-refractivity contribution in [2.75, 3.05) is 6.54 Å². The zero-order valence-electron chi connectivity index (χ0n) is 16.1. The number of hydrogen-bond donors (Lipinski definition) is 0. The second kappa shape index (κ2) is 9.14. The molecule has 30 heavy (non-hydrogen) atoms. The normalized spacial score (nSPS) is 11.0. The van der Waals surface area contributed by atoms with E-state index in [0.29, 0.717) is 29.2 Å². The second-order valence-corrected chi connectivity index (χ2v) is 7.83. The lowest BCUT2D eigenvalue weighted by Gasteiger charge is -2.19. The number of carbonyl (C=O) groups excluding carboxylic acids is 1. The summed E-state index contributed by atoms with van der Waals surface area (Å²) in [6, 6.07) is 10.9. The van der Waals surface area contributed by atoms with Crippen LogP contribution in [0, 0.1) is 0 Å². The Morgan fingerprint density at radius 2 is 2.03 bits per heavy atom. The molecule has 3 aromatic heterocycles. The van der Waals surface area contributed by atoms with Crippen LogP contribution < -0.4 is 0 Å². The molecule has 4 aromatic rings. The Bertz CT molecular complexity index is 1110. The third kappa shape index (κ3) is 4.71. The summed E-state index contributed by atoms with van der Waals surface area (Å²) in [5.74, 6) is 1.11. The molecule has 0 unspecified atom stereocenters. The highest BCUT2D eigenvalue weighted by molar-refractivity contribution is 7.13. The van der Waals surface area contributed by atoms with Crippen molar-refractivity contribution in [3.05, 3.63) is 52.7 Å². The quantitative estimate of drug-likeness (QED) is 0.410. The fourth-order valence-corrected chi connectivity index (χ4v) is 3.56. The minimum absolute atomic E-state index is 0.0352. The highest BCUT2D eigenvalue weighted by atomic mass is 35.5. The fourth-order valence-electron chi connectivity index (χ4n) is 2.79. The van der Waals surface area contributed by atoms with Crippen molar-refractivity contribution in [1.82, 2.24) is 35.3 Å². The van der Waals surface area contributed by atoms with E-state index in [1.165, 1.54) is 16.1 Å². The van der Waals surface area contributed by atoms with Gasteiger partial charge >= 0.3 is 0 Å². The largest absolute Gasteiger partial charge is 0.418 e. The molecule has 0 N–H and O–H groups in total. The Kier molecular flexibility index (Phi) is 6.15. The molecule has 154 valence electrons. The first-order valence-electron chi connectivity index (χ1n) is 9.30. The average molecular weight is 444 g/mol. The summed E-state index contributed by atoms with van der Waals surface area (Å²) < 4.78 is 5.71. The van der Waals surface area contributed by atoms with E-state index in [2.05, 4.69) is 25.6 Å². The van der Waals surface area contributed by atoms with Gasteiger partial charge in [-0.05, 0) is 47.3 Å². The van der Waals surface area contributed by atoms with E-state index in [0.717, 1.165) is 16.9 Å². The van der Waals surface area contributed by atoms with E-state index in [-0.39, 0.29) is 19.0 Å². The van der Waals surface area contributed by atoms with E-state index >= 15 is 0 Å². The van der Waals surface area contributed by atoms with Crippen molar-refractivity contribution >= 4 is 28.8 Å². The maximum Gasteiger partial charge on any atom is 0.257 e. The van der Waals surface area contributed by atoms with Crippen molar-refractivity contribution < 1.29 is 9.21 Å². The van der Waals surface area contributed by atoms with E-state index in [9.17, 15) is 4.79 Å². The van der Waals surface area contributed by atoms with Gasteiger partial charge in [-0.2, -0.15) is 4.80 Å². The monoisotopic (exact) mass is 443 g/mol. The highest BCUT2D eigenvalue weighted by Gasteiger charge is 2.19. The van der Waals surface area contributed by atoms with E-state index < -0.39 is 0 Å². The van der Waals surface area contributed by atoms with Crippen LogP contribution in [0.3, 0.4) is 0 Å². The van der Waals surface area contributed by atoms with E-state index in [4.69, 9.17) is 16.0 Å². The number of benzene rings is 1. The number of amides is 1. The molecule has 0 saturated carbocycles. The number of nitrogens with zero attached hydrogens (tertiary/aromatic N) is 7. The molecule has 9 nitrogen and oxygen atoms in total. The topological polar surface area (TPSA) is 103 Å². The van der Waals surface area contributed by atoms with Gasteiger partial charge < -0.3 is 9.32 Å². The smallest absolute Gasteiger partial charge is 0.257 e. The van der Waals surface area contributed by atoms with Gasteiger partial charge in [-0.3, -0.25) is 4.79 Å². The van der Waals surface area contributed by atoms with Gasteiger partial charge in [0.1, 0.15) is 6.54 Å². The molecule has 0 bridgehead atoms. The molecule has 1 aromatic carbocycles. The van der Waals surface area contributed by atoms with Gasteiger partial charge in [0.25, 0.3) is 5.89 Å². The summed E-state index contributed by atoms with van der Waals surface area (Å²) in [7, 11) is 0. The van der Waals surface area contributed by atoms with Gasteiger partial charge in [-0.1, -0.05) is 24.6 Å². The number of tetrazole rings is 1. The van der Waals surface area contributed by atoms with Crippen LogP contribution >= 0.6 is 22.9 Å². The Morgan fingerprint density at radius 1 is 1.20 bits per heavy atom. The van der Waals surface area contributed by atoms with Crippen LogP contribution in [-0.2, 0) is 17.9 Å². The van der Waals surface area contributed by atoms with Crippen LogP contribution in [0.2, 0.25) is 5.02 Å². The van der Waals surface area contributed by atoms with Crippen LogP contribution in [0.5, 0.6) is 0 Å². The van der Waals surface area contributed by atoms with Gasteiger partial charge in [0.2, 0.25) is 17.6 Å².